The lowest BCUT2D eigenvalue weighted by Crippen LogP contribution is -2.42. The maximum atomic E-state index is 3.75. The highest BCUT2D eigenvalue weighted by molar-refractivity contribution is 9.10. The molecule has 2 aromatic carbocycles. The molecular weight excluding hydrogens is 452 g/mol. The smallest absolute Gasteiger partial charge is 0.0679 e. The number of allylic oxidation sites excluding steroid dienone is 2. The van der Waals surface area contributed by atoms with Crippen LogP contribution in [0, 0.1) is 0 Å². The van der Waals surface area contributed by atoms with E-state index in [9.17, 15) is 0 Å². The van der Waals surface area contributed by atoms with Crippen molar-refractivity contribution in [3.8, 4) is 0 Å². The summed E-state index contributed by atoms with van der Waals surface area (Å²) >= 11 is 7.51. The van der Waals surface area contributed by atoms with Crippen LogP contribution in [-0.2, 0) is 0 Å². The van der Waals surface area contributed by atoms with Gasteiger partial charge in [-0.1, -0.05) is 92.5 Å². The fourth-order valence-electron chi connectivity index (χ4n) is 5.17. The molecule has 0 saturated carbocycles. The zero-order valence-electron chi connectivity index (χ0n) is 15.0. The van der Waals surface area contributed by atoms with Crippen LogP contribution < -0.4 is 0 Å². The van der Waals surface area contributed by atoms with Gasteiger partial charge in [0.15, 0.2) is 0 Å². The summed E-state index contributed by atoms with van der Waals surface area (Å²) in [6.45, 7) is 9.79. The molecule has 0 bridgehead atoms. The lowest BCUT2D eigenvalue weighted by Gasteiger charge is -2.39. The fraction of sp³-hybridized carbons (Fsp3) is 0.273. The van der Waals surface area contributed by atoms with Gasteiger partial charge in [-0.15, -0.1) is 0 Å². The van der Waals surface area contributed by atoms with Crippen LogP contribution in [0.5, 0.6) is 0 Å². The highest BCUT2D eigenvalue weighted by Gasteiger charge is 2.46. The summed E-state index contributed by atoms with van der Waals surface area (Å²) in [7, 11) is -1.69. The molecule has 0 saturated heterocycles. The van der Waals surface area contributed by atoms with Crippen molar-refractivity contribution in [3.63, 3.8) is 0 Å². The molecule has 128 valence electrons. The quantitative estimate of drug-likeness (QED) is 0.392. The zero-order chi connectivity index (χ0) is 17.9. The average molecular weight is 474 g/mol. The van der Waals surface area contributed by atoms with E-state index in [2.05, 4.69) is 107 Å². The Kier molecular flexibility index (Phi) is 4.25. The van der Waals surface area contributed by atoms with Crippen molar-refractivity contribution >= 4 is 52.1 Å². The van der Waals surface area contributed by atoms with E-state index < -0.39 is 8.07 Å². The first-order valence-electron chi connectivity index (χ1n) is 8.75. The van der Waals surface area contributed by atoms with Gasteiger partial charge < -0.3 is 0 Å². The lowest BCUT2D eigenvalue weighted by molar-refractivity contribution is 0.967. The van der Waals surface area contributed by atoms with Crippen LogP contribution in [0.25, 0.3) is 12.2 Å². The summed E-state index contributed by atoms with van der Waals surface area (Å²) in [6, 6.07) is 13.4. The standard InChI is InChI=1S/C22H22Br2Si/c1-13-11-17-15(7-5-9-19(17)23)21(13)25(3,4)22-14(2)12-18-16(22)8-6-10-20(18)24/h5-12,21-22H,1-4H3. The van der Waals surface area contributed by atoms with Crippen LogP contribution in [0.3, 0.4) is 0 Å². The lowest BCUT2D eigenvalue weighted by atomic mass is 10.1. The molecule has 25 heavy (non-hydrogen) atoms. The molecule has 2 aliphatic rings. The molecule has 0 heterocycles. The molecule has 0 fully saturated rings. The Morgan fingerprint density at radius 2 is 1.12 bits per heavy atom. The van der Waals surface area contributed by atoms with E-state index in [4.69, 9.17) is 0 Å². The maximum absolute atomic E-state index is 3.75. The first-order valence-corrected chi connectivity index (χ1v) is 13.5. The molecule has 0 N–H and O–H groups in total. The SMILES string of the molecule is CC1=Cc2c(Br)cccc2C1[Si](C)(C)C1C(C)=Cc2c(Br)cccc21. The predicted octanol–water partition coefficient (Wildman–Crippen LogP) is 7.70. The number of benzene rings is 2. The van der Waals surface area contributed by atoms with Gasteiger partial charge in [0, 0.05) is 20.0 Å². The van der Waals surface area contributed by atoms with Gasteiger partial charge >= 0.3 is 0 Å². The number of halogens is 2. The average Bonchev–Trinajstić information content (AvgIpc) is 3.06. The molecule has 0 amide bonds. The number of hydrogen-bond donors (Lipinski definition) is 0. The third-order valence-electron chi connectivity index (χ3n) is 5.94. The van der Waals surface area contributed by atoms with Crippen molar-refractivity contribution in [2.45, 2.75) is 38.0 Å². The summed E-state index contributed by atoms with van der Waals surface area (Å²) in [6.07, 6.45) is 4.79. The van der Waals surface area contributed by atoms with E-state index in [1.54, 1.807) is 0 Å². The van der Waals surface area contributed by atoms with Crippen molar-refractivity contribution in [2.75, 3.05) is 0 Å². The summed E-state index contributed by atoms with van der Waals surface area (Å²) in [5.41, 5.74) is 9.99. The van der Waals surface area contributed by atoms with Crippen molar-refractivity contribution in [1.29, 1.82) is 0 Å². The molecular formula is C22H22Br2Si. The highest BCUT2D eigenvalue weighted by Crippen LogP contribution is 2.53. The van der Waals surface area contributed by atoms with Gasteiger partial charge in [-0.2, -0.15) is 0 Å². The van der Waals surface area contributed by atoms with Crippen molar-refractivity contribution in [2.24, 2.45) is 0 Å². The second kappa shape index (κ2) is 6.07. The van der Waals surface area contributed by atoms with E-state index in [1.807, 2.05) is 0 Å². The Morgan fingerprint density at radius 3 is 1.52 bits per heavy atom. The van der Waals surface area contributed by atoms with Gasteiger partial charge in [-0.05, 0) is 48.2 Å². The monoisotopic (exact) mass is 472 g/mol. The predicted molar refractivity (Wildman–Crippen MR) is 119 cm³/mol. The second-order valence-corrected chi connectivity index (χ2v) is 14.5. The topological polar surface area (TPSA) is 0 Å². The first-order chi connectivity index (χ1) is 11.8. The van der Waals surface area contributed by atoms with Gasteiger partial charge in [0.25, 0.3) is 0 Å². The maximum Gasteiger partial charge on any atom is 0.0722 e. The van der Waals surface area contributed by atoms with Crippen LogP contribution >= 0.6 is 31.9 Å². The third-order valence-corrected chi connectivity index (χ3v) is 11.8. The Labute approximate surface area is 168 Å². The molecule has 2 aromatic rings. The number of fused-ring (bicyclic) bond motifs is 2. The Bertz CT molecular complexity index is 862. The van der Waals surface area contributed by atoms with Crippen LogP contribution in [0.1, 0.15) is 47.2 Å². The molecule has 2 atom stereocenters. The van der Waals surface area contributed by atoms with Gasteiger partial charge in [-0.25, -0.2) is 0 Å². The van der Waals surface area contributed by atoms with Crippen LogP contribution in [0.4, 0.5) is 0 Å². The molecule has 3 heteroatoms. The Balaban J connectivity index is 1.86. The van der Waals surface area contributed by atoms with Gasteiger partial charge in [0.05, 0.1) is 8.07 Å². The summed E-state index contributed by atoms with van der Waals surface area (Å²) in [5, 5.41) is 0. The minimum atomic E-state index is -1.69. The van der Waals surface area contributed by atoms with E-state index in [0.29, 0.717) is 11.1 Å². The fourth-order valence-corrected chi connectivity index (χ4v) is 11.1. The van der Waals surface area contributed by atoms with Crippen molar-refractivity contribution < 1.29 is 0 Å². The molecule has 0 aromatic heterocycles. The first kappa shape index (κ1) is 17.5. The molecule has 0 radical (unpaired) electrons. The van der Waals surface area contributed by atoms with E-state index >= 15 is 0 Å². The molecule has 2 unspecified atom stereocenters. The van der Waals surface area contributed by atoms with Gasteiger partial charge in [0.1, 0.15) is 0 Å². The van der Waals surface area contributed by atoms with E-state index in [-0.39, 0.29) is 0 Å². The van der Waals surface area contributed by atoms with E-state index in [1.165, 1.54) is 42.3 Å². The minimum Gasteiger partial charge on any atom is -0.0679 e. The molecule has 0 spiro atoms. The summed E-state index contributed by atoms with van der Waals surface area (Å²) < 4.78 is 2.44. The molecule has 2 aliphatic carbocycles. The normalized spacial score (nSPS) is 21.7. The van der Waals surface area contributed by atoms with Gasteiger partial charge in [0.2, 0.25) is 0 Å². The van der Waals surface area contributed by atoms with Crippen LogP contribution in [0.2, 0.25) is 13.1 Å². The van der Waals surface area contributed by atoms with Crippen LogP contribution in [0.15, 0.2) is 56.5 Å². The van der Waals surface area contributed by atoms with Crippen molar-refractivity contribution in [1.82, 2.24) is 0 Å². The number of rotatable bonds is 2. The molecule has 0 aliphatic heterocycles. The summed E-state index contributed by atoms with van der Waals surface area (Å²) in [4.78, 5) is 0. The van der Waals surface area contributed by atoms with E-state index in [0.717, 1.165) is 0 Å². The largest absolute Gasteiger partial charge is 0.0722 e. The number of hydrogen-bond acceptors (Lipinski definition) is 0. The minimum absolute atomic E-state index is 0.568. The summed E-state index contributed by atoms with van der Waals surface area (Å²) in [5.74, 6) is 0. The third kappa shape index (κ3) is 2.58. The Hall–Kier alpha value is -0.903. The second-order valence-electron chi connectivity index (χ2n) is 7.95. The van der Waals surface area contributed by atoms with Gasteiger partial charge in [-0.3, -0.25) is 0 Å². The molecule has 4 rings (SSSR count). The zero-order valence-corrected chi connectivity index (χ0v) is 19.2. The van der Waals surface area contributed by atoms with Crippen molar-refractivity contribution in [3.05, 3.63) is 78.7 Å². The van der Waals surface area contributed by atoms with Crippen LogP contribution in [-0.4, -0.2) is 8.07 Å². The highest BCUT2D eigenvalue weighted by atomic mass is 79.9. The molecule has 0 nitrogen and oxygen atoms in total. The Morgan fingerprint density at radius 1 is 0.720 bits per heavy atom.